The predicted molar refractivity (Wildman–Crippen MR) is 103 cm³/mol. The van der Waals surface area contributed by atoms with Crippen LogP contribution in [0, 0.1) is 13.8 Å². The monoisotopic (exact) mass is 363 g/mol. The molecular formula is C20H21N5O2. The first-order valence-corrected chi connectivity index (χ1v) is 8.54. The molecule has 0 radical (unpaired) electrons. The zero-order chi connectivity index (χ0) is 19.4. The maximum absolute atomic E-state index is 12.3. The molecule has 0 bridgehead atoms. The van der Waals surface area contributed by atoms with Crippen molar-refractivity contribution in [3.05, 3.63) is 71.7 Å². The Hall–Kier alpha value is -3.48. The molecule has 138 valence electrons. The Labute approximate surface area is 157 Å². The highest BCUT2D eigenvalue weighted by Gasteiger charge is 2.15. The van der Waals surface area contributed by atoms with Crippen molar-refractivity contribution >= 4 is 17.5 Å². The van der Waals surface area contributed by atoms with Gasteiger partial charge >= 0.3 is 0 Å². The van der Waals surface area contributed by atoms with Crippen molar-refractivity contribution < 1.29 is 9.59 Å². The van der Waals surface area contributed by atoms with E-state index in [1.165, 1.54) is 4.90 Å². The molecule has 3 aromatic rings. The van der Waals surface area contributed by atoms with Crippen molar-refractivity contribution in [1.29, 1.82) is 0 Å². The highest BCUT2D eigenvalue weighted by molar-refractivity contribution is 5.99. The summed E-state index contributed by atoms with van der Waals surface area (Å²) in [7, 11) is 1.60. The zero-order valence-electron chi connectivity index (χ0n) is 15.5. The van der Waals surface area contributed by atoms with Gasteiger partial charge in [0, 0.05) is 18.3 Å². The van der Waals surface area contributed by atoms with Crippen molar-refractivity contribution in [2.45, 2.75) is 13.8 Å². The van der Waals surface area contributed by atoms with Gasteiger partial charge in [-0.15, -0.1) is 0 Å². The summed E-state index contributed by atoms with van der Waals surface area (Å²) < 4.78 is 1.74. The van der Waals surface area contributed by atoms with E-state index in [9.17, 15) is 9.59 Å². The molecule has 0 fully saturated rings. The first-order valence-electron chi connectivity index (χ1n) is 8.54. The maximum atomic E-state index is 12.3. The van der Waals surface area contributed by atoms with Gasteiger partial charge < -0.3 is 10.2 Å². The van der Waals surface area contributed by atoms with Gasteiger partial charge in [0.1, 0.15) is 0 Å². The lowest BCUT2D eigenvalue weighted by Gasteiger charge is -2.16. The van der Waals surface area contributed by atoms with Crippen LogP contribution >= 0.6 is 0 Å². The minimum Gasteiger partial charge on any atom is -0.332 e. The van der Waals surface area contributed by atoms with Crippen LogP contribution in [0.15, 0.2) is 54.7 Å². The molecule has 0 aliphatic rings. The number of nitrogens with zero attached hydrogens (tertiary/aromatic N) is 4. The second kappa shape index (κ2) is 7.82. The van der Waals surface area contributed by atoms with E-state index in [0.29, 0.717) is 17.1 Å². The van der Waals surface area contributed by atoms with Crippen LogP contribution in [0.5, 0.6) is 0 Å². The fraction of sp³-hybridized carbons (Fsp3) is 0.200. The number of benzene rings is 1. The SMILES string of the molecule is Cc1cc(C)n(-c2ccc(NC(=O)CN(C)C(=O)c3ccccc3)cn2)n1. The molecule has 7 heteroatoms. The molecule has 0 saturated carbocycles. The fourth-order valence-electron chi connectivity index (χ4n) is 2.73. The van der Waals surface area contributed by atoms with Crippen LogP contribution < -0.4 is 5.32 Å². The van der Waals surface area contributed by atoms with Crippen molar-refractivity contribution in [1.82, 2.24) is 19.7 Å². The summed E-state index contributed by atoms with van der Waals surface area (Å²) in [6.07, 6.45) is 1.57. The second-order valence-corrected chi connectivity index (χ2v) is 6.32. The molecule has 2 aromatic heterocycles. The van der Waals surface area contributed by atoms with E-state index < -0.39 is 0 Å². The van der Waals surface area contributed by atoms with Gasteiger partial charge in [-0.25, -0.2) is 9.67 Å². The summed E-state index contributed by atoms with van der Waals surface area (Å²) in [4.78, 5) is 30.2. The summed E-state index contributed by atoms with van der Waals surface area (Å²) in [5, 5.41) is 7.13. The van der Waals surface area contributed by atoms with Gasteiger partial charge in [0.05, 0.1) is 24.1 Å². The maximum Gasteiger partial charge on any atom is 0.254 e. The molecule has 0 unspecified atom stereocenters. The minimum atomic E-state index is -0.289. The van der Waals surface area contributed by atoms with Crippen LogP contribution in [0.1, 0.15) is 21.7 Å². The van der Waals surface area contributed by atoms with Crippen LogP contribution in [0.2, 0.25) is 0 Å². The lowest BCUT2D eigenvalue weighted by atomic mass is 10.2. The van der Waals surface area contributed by atoms with E-state index in [0.717, 1.165) is 11.4 Å². The van der Waals surface area contributed by atoms with E-state index in [4.69, 9.17) is 0 Å². The van der Waals surface area contributed by atoms with Crippen LogP contribution in [0.3, 0.4) is 0 Å². The largest absolute Gasteiger partial charge is 0.332 e. The molecule has 3 rings (SSSR count). The molecule has 1 N–H and O–H groups in total. The number of hydrogen-bond donors (Lipinski definition) is 1. The third-order valence-electron chi connectivity index (χ3n) is 4.01. The Kier molecular flexibility index (Phi) is 5.30. The number of likely N-dealkylation sites (N-methyl/N-ethyl adjacent to an activating group) is 1. The number of aryl methyl sites for hydroxylation is 2. The normalized spacial score (nSPS) is 10.5. The van der Waals surface area contributed by atoms with Crippen LogP contribution in [0.4, 0.5) is 5.69 Å². The highest BCUT2D eigenvalue weighted by Crippen LogP contribution is 2.13. The van der Waals surface area contributed by atoms with E-state index in [2.05, 4.69) is 15.4 Å². The lowest BCUT2D eigenvalue weighted by molar-refractivity contribution is -0.116. The molecule has 0 atom stereocenters. The molecule has 0 aliphatic heterocycles. The van der Waals surface area contributed by atoms with E-state index >= 15 is 0 Å². The number of aromatic nitrogens is 3. The minimum absolute atomic E-state index is 0.0487. The molecule has 0 aliphatic carbocycles. The van der Waals surface area contributed by atoms with Gasteiger partial charge in [0.2, 0.25) is 5.91 Å². The van der Waals surface area contributed by atoms with Crippen LogP contribution in [-0.2, 0) is 4.79 Å². The lowest BCUT2D eigenvalue weighted by Crippen LogP contribution is -2.34. The molecule has 1 aromatic carbocycles. The quantitative estimate of drug-likeness (QED) is 0.756. The van der Waals surface area contributed by atoms with Crippen LogP contribution in [-0.4, -0.2) is 45.1 Å². The van der Waals surface area contributed by atoms with E-state index in [1.54, 1.807) is 54.3 Å². The average molecular weight is 363 g/mol. The first-order chi connectivity index (χ1) is 12.9. The zero-order valence-corrected chi connectivity index (χ0v) is 15.5. The van der Waals surface area contributed by atoms with Gasteiger partial charge in [-0.05, 0) is 44.2 Å². The Morgan fingerprint density at radius 1 is 1.11 bits per heavy atom. The standard InChI is InChI=1S/C20H21N5O2/c1-14-11-15(2)25(23-14)18-10-9-17(12-21-18)22-19(26)13-24(3)20(27)16-7-5-4-6-8-16/h4-12H,13H2,1-3H3,(H,22,26). The summed E-state index contributed by atoms with van der Waals surface area (Å²) in [5.41, 5.74) is 3.00. The third kappa shape index (κ3) is 4.38. The van der Waals surface area contributed by atoms with Crippen molar-refractivity contribution in [2.24, 2.45) is 0 Å². The number of nitrogens with one attached hydrogen (secondary N) is 1. The molecule has 0 saturated heterocycles. The average Bonchev–Trinajstić information content (AvgIpc) is 3.00. The molecule has 7 nitrogen and oxygen atoms in total. The third-order valence-corrected chi connectivity index (χ3v) is 4.01. The van der Waals surface area contributed by atoms with Gasteiger partial charge in [-0.1, -0.05) is 18.2 Å². The van der Waals surface area contributed by atoms with Crippen molar-refractivity contribution in [3.63, 3.8) is 0 Å². The molecular weight excluding hydrogens is 342 g/mol. The summed E-state index contributed by atoms with van der Waals surface area (Å²) in [6.45, 7) is 3.83. The first kappa shape index (κ1) is 18.3. The second-order valence-electron chi connectivity index (χ2n) is 6.32. The molecule has 2 heterocycles. The fourth-order valence-corrected chi connectivity index (χ4v) is 2.73. The molecule has 2 amide bonds. The number of amides is 2. The summed E-state index contributed by atoms with van der Waals surface area (Å²) >= 11 is 0. The predicted octanol–water partition coefficient (Wildman–Crippen LogP) is 2.59. The van der Waals surface area contributed by atoms with Gasteiger partial charge in [0.15, 0.2) is 5.82 Å². The van der Waals surface area contributed by atoms with Crippen molar-refractivity contribution in [3.8, 4) is 5.82 Å². The van der Waals surface area contributed by atoms with E-state index in [-0.39, 0.29) is 18.4 Å². The topological polar surface area (TPSA) is 80.1 Å². The molecule has 0 spiro atoms. The number of anilines is 1. The van der Waals surface area contributed by atoms with Gasteiger partial charge in [-0.2, -0.15) is 5.10 Å². The number of hydrogen-bond acceptors (Lipinski definition) is 4. The van der Waals surface area contributed by atoms with Crippen LogP contribution in [0.25, 0.3) is 5.82 Å². The summed E-state index contributed by atoms with van der Waals surface area (Å²) in [5.74, 6) is 0.182. The Morgan fingerprint density at radius 3 is 2.44 bits per heavy atom. The Bertz CT molecular complexity index is 948. The Balaban J connectivity index is 1.61. The van der Waals surface area contributed by atoms with Gasteiger partial charge in [0.25, 0.3) is 5.91 Å². The molecule has 27 heavy (non-hydrogen) atoms. The Morgan fingerprint density at radius 2 is 1.85 bits per heavy atom. The highest BCUT2D eigenvalue weighted by atomic mass is 16.2. The van der Waals surface area contributed by atoms with E-state index in [1.807, 2.05) is 26.0 Å². The number of carbonyl (C=O) groups excluding carboxylic acids is 2. The number of pyridine rings is 1. The van der Waals surface area contributed by atoms with Gasteiger partial charge in [-0.3, -0.25) is 9.59 Å². The smallest absolute Gasteiger partial charge is 0.254 e. The number of carbonyl (C=O) groups is 2. The summed E-state index contributed by atoms with van der Waals surface area (Å²) in [6, 6.07) is 14.4. The number of rotatable bonds is 5. The van der Waals surface area contributed by atoms with Crippen molar-refractivity contribution in [2.75, 3.05) is 18.9 Å².